The van der Waals surface area contributed by atoms with E-state index in [0.717, 1.165) is 5.56 Å². The van der Waals surface area contributed by atoms with E-state index in [2.05, 4.69) is 6.07 Å². The first-order valence-electron chi connectivity index (χ1n) is 5.67. The molecule has 0 fully saturated rings. The normalized spacial score (nSPS) is 9.63. The number of benzene rings is 2. The van der Waals surface area contributed by atoms with E-state index in [1.807, 2.05) is 0 Å². The summed E-state index contributed by atoms with van der Waals surface area (Å²) >= 11 is 0. The second kappa shape index (κ2) is 5.69. The molecule has 0 saturated heterocycles. The van der Waals surface area contributed by atoms with Crippen molar-refractivity contribution in [3.63, 3.8) is 0 Å². The third-order valence-corrected chi connectivity index (χ3v) is 2.55. The van der Waals surface area contributed by atoms with Gasteiger partial charge in [0.05, 0.1) is 12.5 Å². The van der Waals surface area contributed by atoms with Gasteiger partial charge in [-0.2, -0.15) is 5.26 Å². The zero-order valence-electron chi connectivity index (χ0n) is 10.0. The van der Waals surface area contributed by atoms with Crippen LogP contribution in [0.4, 0.5) is 0 Å². The van der Waals surface area contributed by atoms with Crippen molar-refractivity contribution in [2.24, 2.45) is 0 Å². The Kier molecular flexibility index (Phi) is 3.79. The van der Waals surface area contributed by atoms with Crippen molar-refractivity contribution in [1.82, 2.24) is 0 Å². The first kappa shape index (κ1) is 12.7. The Morgan fingerprint density at radius 2 is 1.84 bits per heavy atom. The summed E-state index contributed by atoms with van der Waals surface area (Å²) < 4.78 is 5.54. The van der Waals surface area contributed by atoms with Crippen LogP contribution in [0.5, 0.6) is 11.5 Å². The lowest BCUT2D eigenvalue weighted by molar-refractivity contribution is 0.0694. The Labute approximate surface area is 110 Å². The summed E-state index contributed by atoms with van der Waals surface area (Å²) in [4.78, 5) is 11.0. The highest BCUT2D eigenvalue weighted by molar-refractivity contribution is 5.90. The summed E-state index contributed by atoms with van der Waals surface area (Å²) in [5.74, 6) is -0.199. The number of aromatic carboxylic acids is 1. The van der Waals surface area contributed by atoms with Crippen molar-refractivity contribution < 1.29 is 14.6 Å². The van der Waals surface area contributed by atoms with Crippen molar-refractivity contribution in [2.75, 3.05) is 0 Å². The van der Waals surface area contributed by atoms with Gasteiger partial charge in [-0.15, -0.1) is 0 Å². The molecule has 94 valence electrons. The highest BCUT2D eigenvalue weighted by Crippen LogP contribution is 2.25. The van der Waals surface area contributed by atoms with Gasteiger partial charge in [0.25, 0.3) is 0 Å². The quantitative estimate of drug-likeness (QED) is 0.907. The van der Waals surface area contributed by atoms with Crippen LogP contribution in [0.2, 0.25) is 0 Å². The summed E-state index contributed by atoms with van der Waals surface area (Å²) in [5.41, 5.74) is 1.00. The number of rotatable bonds is 4. The van der Waals surface area contributed by atoms with Crippen LogP contribution in [0.1, 0.15) is 15.9 Å². The Balaban J connectivity index is 2.22. The lowest BCUT2D eigenvalue weighted by Gasteiger charge is -2.08. The second-order valence-electron chi connectivity index (χ2n) is 3.88. The fourth-order valence-corrected chi connectivity index (χ4v) is 1.63. The molecule has 0 aliphatic carbocycles. The Morgan fingerprint density at radius 1 is 1.16 bits per heavy atom. The number of carbonyl (C=O) groups is 1. The van der Waals surface area contributed by atoms with Crippen LogP contribution in [0.25, 0.3) is 0 Å². The molecule has 0 aliphatic rings. The van der Waals surface area contributed by atoms with Gasteiger partial charge in [0.2, 0.25) is 0 Å². The number of hydrogen-bond donors (Lipinski definition) is 1. The maximum atomic E-state index is 11.0. The van der Waals surface area contributed by atoms with Crippen LogP contribution >= 0.6 is 0 Å². The lowest BCUT2D eigenvalue weighted by atomic mass is 10.1. The molecule has 4 heteroatoms. The van der Waals surface area contributed by atoms with E-state index in [1.165, 1.54) is 6.07 Å². The number of nitriles is 1. The number of carboxylic acids is 1. The molecule has 0 aliphatic heterocycles. The number of para-hydroxylation sites is 1. The Bertz CT molecular complexity index is 627. The summed E-state index contributed by atoms with van der Waals surface area (Å²) in [7, 11) is 0. The minimum absolute atomic E-state index is 0.114. The molecule has 19 heavy (non-hydrogen) atoms. The van der Waals surface area contributed by atoms with Crippen LogP contribution < -0.4 is 4.74 Å². The minimum Gasteiger partial charge on any atom is -0.478 e. The van der Waals surface area contributed by atoms with Gasteiger partial charge in [-0.3, -0.25) is 0 Å². The maximum absolute atomic E-state index is 11.0. The molecule has 0 atom stereocenters. The van der Waals surface area contributed by atoms with Gasteiger partial charge in [0.15, 0.2) is 0 Å². The summed E-state index contributed by atoms with van der Waals surface area (Å²) in [6.07, 6.45) is 0.339. The van der Waals surface area contributed by atoms with Gasteiger partial charge in [-0.1, -0.05) is 24.3 Å². The van der Waals surface area contributed by atoms with Crippen LogP contribution in [0.15, 0.2) is 48.5 Å². The monoisotopic (exact) mass is 253 g/mol. The van der Waals surface area contributed by atoms with Crippen LogP contribution in [0, 0.1) is 11.3 Å². The Hall–Kier alpha value is -2.80. The van der Waals surface area contributed by atoms with Gasteiger partial charge in [0.1, 0.15) is 17.1 Å². The predicted molar refractivity (Wildman–Crippen MR) is 69.2 cm³/mol. The van der Waals surface area contributed by atoms with Crippen LogP contribution in [-0.4, -0.2) is 11.1 Å². The van der Waals surface area contributed by atoms with E-state index in [0.29, 0.717) is 17.9 Å². The van der Waals surface area contributed by atoms with E-state index in [4.69, 9.17) is 15.1 Å². The van der Waals surface area contributed by atoms with Crippen molar-refractivity contribution in [2.45, 2.75) is 6.42 Å². The first-order chi connectivity index (χ1) is 9.20. The number of hydrogen-bond acceptors (Lipinski definition) is 3. The number of ether oxygens (including phenoxy) is 1. The second-order valence-corrected chi connectivity index (χ2v) is 3.88. The minimum atomic E-state index is -1.03. The predicted octanol–water partition coefficient (Wildman–Crippen LogP) is 3.24. The standard InChI is InChI=1S/C15H11NO3/c16-10-9-11-5-7-12(8-6-11)19-14-4-2-1-3-13(14)15(17)18/h1-8H,9H2,(H,17,18). The smallest absolute Gasteiger partial charge is 0.339 e. The van der Waals surface area contributed by atoms with Gasteiger partial charge in [0, 0.05) is 0 Å². The molecule has 1 N–H and O–H groups in total. The van der Waals surface area contributed by atoms with Crippen molar-refractivity contribution >= 4 is 5.97 Å². The Morgan fingerprint density at radius 3 is 2.47 bits per heavy atom. The van der Waals surface area contributed by atoms with Crippen molar-refractivity contribution in [3.8, 4) is 17.6 Å². The molecular weight excluding hydrogens is 242 g/mol. The van der Waals surface area contributed by atoms with E-state index in [-0.39, 0.29) is 5.56 Å². The molecule has 0 unspecified atom stereocenters. The highest BCUT2D eigenvalue weighted by Gasteiger charge is 2.10. The summed E-state index contributed by atoms with van der Waals surface area (Å²) in [5, 5.41) is 17.6. The molecular formula is C15H11NO3. The van der Waals surface area contributed by atoms with Crippen molar-refractivity contribution in [1.29, 1.82) is 5.26 Å². The number of carboxylic acid groups (broad SMARTS) is 1. The molecule has 0 radical (unpaired) electrons. The molecule has 0 amide bonds. The molecule has 0 spiro atoms. The summed E-state index contributed by atoms with van der Waals surface area (Å²) in [6, 6.07) is 15.5. The molecule has 0 saturated carbocycles. The van der Waals surface area contributed by atoms with E-state index in [9.17, 15) is 4.79 Å². The molecule has 0 heterocycles. The van der Waals surface area contributed by atoms with Crippen LogP contribution in [-0.2, 0) is 6.42 Å². The molecule has 4 nitrogen and oxygen atoms in total. The third-order valence-electron chi connectivity index (χ3n) is 2.55. The highest BCUT2D eigenvalue weighted by atomic mass is 16.5. The molecule has 2 aromatic rings. The van der Waals surface area contributed by atoms with Gasteiger partial charge >= 0.3 is 5.97 Å². The van der Waals surface area contributed by atoms with E-state index < -0.39 is 5.97 Å². The third kappa shape index (κ3) is 3.11. The topological polar surface area (TPSA) is 70.3 Å². The maximum Gasteiger partial charge on any atom is 0.339 e. The first-order valence-corrected chi connectivity index (χ1v) is 5.67. The fraction of sp³-hybridized carbons (Fsp3) is 0.0667. The largest absolute Gasteiger partial charge is 0.478 e. The molecule has 2 rings (SSSR count). The zero-order valence-corrected chi connectivity index (χ0v) is 10.0. The zero-order chi connectivity index (χ0) is 13.7. The molecule has 0 bridgehead atoms. The summed E-state index contributed by atoms with van der Waals surface area (Å²) in [6.45, 7) is 0. The molecule has 0 aromatic heterocycles. The average molecular weight is 253 g/mol. The van der Waals surface area contributed by atoms with Gasteiger partial charge in [-0.05, 0) is 29.8 Å². The van der Waals surface area contributed by atoms with E-state index >= 15 is 0 Å². The van der Waals surface area contributed by atoms with Crippen molar-refractivity contribution in [3.05, 3.63) is 59.7 Å². The van der Waals surface area contributed by atoms with Gasteiger partial charge < -0.3 is 9.84 Å². The SMILES string of the molecule is N#CCc1ccc(Oc2ccccc2C(=O)O)cc1. The lowest BCUT2D eigenvalue weighted by Crippen LogP contribution is -1.99. The van der Waals surface area contributed by atoms with Crippen LogP contribution in [0.3, 0.4) is 0 Å². The van der Waals surface area contributed by atoms with Gasteiger partial charge in [-0.25, -0.2) is 4.79 Å². The van der Waals surface area contributed by atoms with E-state index in [1.54, 1.807) is 42.5 Å². The number of nitrogens with zero attached hydrogens (tertiary/aromatic N) is 1. The average Bonchev–Trinajstić information content (AvgIpc) is 2.42. The fourth-order valence-electron chi connectivity index (χ4n) is 1.63. The molecule has 2 aromatic carbocycles.